The highest BCUT2D eigenvalue weighted by atomic mass is 16.2. The monoisotopic (exact) mass is 356 g/mol. The number of benzene rings is 1. The number of carbonyl (C=O) groups excluding carboxylic acids is 2. The van der Waals surface area contributed by atoms with Crippen LogP contribution in [0.1, 0.15) is 34.5 Å². The van der Waals surface area contributed by atoms with Crippen molar-refractivity contribution in [3.63, 3.8) is 0 Å². The van der Waals surface area contributed by atoms with E-state index in [1.807, 2.05) is 57.6 Å². The number of nitrogens with zero attached hydrogens (tertiary/aromatic N) is 3. The molecule has 6 nitrogen and oxygen atoms in total. The molecule has 0 aliphatic carbocycles. The molecule has 0 saturated heterocycles. The summed E-state index contributed by atoms with van der Waals surface area (Å²) in [5.74, 6) is -0.240. The van der Waals surface area contributed by atoms with Crippen molar-refractivity contribution in [2.45, 2.75) is 40.5 Å². The molecular formula is C20H28N4O2. The molecule has 0 radical (unpaired) electrons. The minimum atomic E-state index is -0.188. The Labute approximate surface area is 155 Å². The first-order valence-corrected chi connectivity index (χ1v) is 8.79. The summed E-state index contributed by atoms with van der Waals surface area (Å²) in [6.45, 7) is 7.90. The Morgan fingerprint density at radius 1 is 1.15 bits per heavy atom. The summed E-state index contributed by atoms with van der Waals surface area (Å²) in [5.41, 5.74) is 5.97. The summed E-state index contributed by atoms with van der Waals surface area (Å²) in [6, 6.07) is 5.87. The lowest BCUT2D eigenvalue weighted by molar-refractivity contribution is -0.133. The average molecular weight is 356 g/mol. The van der Waals surface area contributed by atoms with Crippen molar-refractivity contribution in [2.75, 3.05) is 18.9 Å². The van der Waals surface area contributed by atoms with E-state index in [1.165, 1.54) is 4.90 Å². The highest BCUT2D eigenvalue weighted by Gasteiger charge is 2.16. The maximum Gasteiger partial charge on any atom is 0.243 e. The van der Waals surface area contributed by atoms with E-state index in [2.05, 4.69) is 10.4 Å². The quantitative estimate of drug-likeness (QED) is 0.865. The summed E-state index contributed by atoms with van der Waals surface area (Å²) in [7, 11) is 3.56. The third-order valence-electron chi connectivity index (χ3n) is 4.80. The average Bonchev–Trinajstić information content (AvgIpc) is 2.81. The number of hydrogen-bond acceptors (Lipinski definition) is 3. The Hall–Kier alpha value is -2.63. The van der Waals surface area contributed by atoms with Gasteiger partial charge in [0.2, 0.25) is 11.8 Å². The fourth-order valence-corrected chi connectivity index (χ4v) is 3.10. The second kappa shape index (κ2) is 8.17. The summed E-state index contributed by atoms with van der Waals surface area (Å²) in [6.07, 6.45) is 0.994. The van der Waals surface area contributed by atoms with Gasteiger partial charge in [-0.15, -0.1) is 0 Å². The smallest absolute Gasteiger partial charge is 0.243 e. The van der Waals surface area contributed by atoms with Crippen molar-refractivity contribution >= 4 is 17.5 Å². The van der Waals surface area contributed by atoms with Crippen molar-refractivity contribution in [3.8, 4) is 0 Å². The van der Waals surface area contributed by atoms with Crippen LogP contribution in [-0.2, 0) is 23.1 Å². The molecule has 1 aromatic carbocycles. The number of amides is 2. The predicted molar refractivity (Wildman–Crippen MR) is 103 cm³/mol. The summed E-state index contributed by atoms with van der Waals surface area (Å²) in [5, 5.41) is 7.29. The van der Waals surface area contributed by atoms with Crippen LogP contribution in [0.25, 0.3) is 0 Å². The van der Waals surface area contributed by atoms with Crippen LogP contribution in [0.5, 0.6) is 0 Å². The zero-order valence-electron chi connectivity index (χ0n) is 16.5. The van der Waals surface area contributed by atoms with Gasteiger partial charge >= 0.3 is 0 Å². The molecule has 26 heavy (non-hydrogen) atoms. The second-order valence-corrected chi connectivity index (χ2v) is 6.84. The van der Waals surface area contributed by atoms with Crippen LogP contribution in [0.2, 0.25) is 0 Å². The number of hydrogen-bond donors (Lipinski definition) is 1. The first-order valence-electron chi connectivity index (χ1n) is 8.79. The van der Waals surface area contributed by atoms with E-state index < -0.39 is 0 Å². The Morgan fingerprint density at radius 2 is 1.77 bits per heavy atom. The number of aryl methyl sites for hydroxylation is 4. The molecule has 2 aromatic rings. The standard InChI is InChI=1S/C20H28N4O2/c1-13-8-7-9-14(2)20(13)21-18(25)12-23(5)19(26)11-10-17-15(3)22-24(6)16(17)4/h7-9H,10-12H2,1-6H3,(H,21,25). The second-order valence-electron chi connectivity index (χ2n) is 6.84. The number of nitrogens with one attached hydrogen (secondary N) is 1. The fourth-order valence-electron chi connectivity index (χ4n) is 3.10. The van der Waals surface area contributed by atoms with Crippen molar-refractivity contribution in [2.24, 2.45) is 7.05 Å². The molecule has 0 saturated carbocycles. The lowest BCUT2D eigenvalue weighted by Crippen LogP contribution is -2.35. The van der Waals surface area contributed by atoms with Gasteiger partial charge in [-0.1, -0.05) is 18.2 Å². The summed E-state index contributed by atoms with van der Waals surface area (Å²) >= 11 is 0. The van der Waals surface area contributed by atoms with Crippen molar-refractivity contribution in [1.82, 2.24) is 14.7 Å². The topological polar surface area (TPSA) is 67.2 Å². The Kier molecular flexibility index (Phi) is 6.18. The van der Waals surface area contributed by atoms with Gasteiger partial charge in [0, 0.05) is 31.9 Å². The van der Waals surface area contributed by atoms with E-state index in [0.29, 0.717) is 12.8 Å². The molecule has 2 rings (SSSR count). The lowest BCUT2D eigenvalue weighted by Gasteiger charge is -2.18. The van der Waals surface area contributed by atoms with Crippen LogP contribution in [0, 0.1) is 27.7 Å². The van der Waals surface area contributed by atoms with Gasteiger partial charge in [-0.25, -0.2) is 0 Å². The first kappa shape index (κ1) is 19.7. The molecule has 140 valence electrons. The molecule has 1 heterocycles. The summed E-state index contributed by atoms with van der Waals surface area (Å²) < 4.78 is 1.83. The minimum Gasteiger partial charge on any atom is -0.336 e. The van der Waals surface area contributed by atoms with Crippen molar-refractivity contribution in [3.05, 3.63) is 46.3 Å². The van der Waals surface area contributed by atoms with E-state index in [9.17, 15) is 9.59 Å². The molecular weight excluding hydrogens is 328 g/mol. The maximum absolute atomic E-state index is 12.4. The first-order chi connectivity index (χ1) is 12.2. The fraction of sp³-hybridized carbons (Fsp3) is 0.450. The highest BCUT2D eigenvalue weighted by molar-refractivity contribution is 5.95. The molecule has 1 aromatic heterocycles. The van der Waals surface area contributed by atoms with Crippen LogP contribution in [-0.4, -0.2) is 40.1 Å². The number of rotatable bonds is 6. The molecule has 6 heteroatoms. The van der Waals surface area contributed by atoms with Gasteiger partial charge in [-0.3, -0.25) is 14.3 Å². The third kappa shape index (κ3) is 4.50. The molecule has 0 aliphatic heterocycles. The van der Waals surface area contributed by atoms with Gasteiger partial charge in [-0.2, -0.15) is 5.10 Å². The van der Waals surface area contributed by atoms with Crippen molar-refractivity contribution in [1.29, 1.82) is 0 Å². The van der Waals surface area contributed by atoms with Gasteiger partial charge in [-0.05, 0) is 50.8 Å². The van der Waals surface area contributed by atoms with Crippen LogP contribution < -0.4 is 5.32 Å². The normalized spacial score (nSPS) is 10.7. The number of likely N-dealkylation sites (N-methyl/N-ethyl adjacent to an activating group) is 1. The molecule has 2 amide bonds. The largest absolute Gasteiger partial charge is 0.336 e. The predicted octanol–water partition coefficient (Wildman–Crippen LogP) is 2.68. The Morgan fingerprint density at radius 3 is 2.31 bits per heavy atom. The van der Waals surface area contributed by atoms with Gasteiger partial charge in [0.1, 0.15) is 0 Å². The van der Waals surface area contributed by atoms with Crippen molar-refractivity contribution < 1.29 is 9.59 Å². The van der Waals surface area contributed by atoms with E-state index in [1.54, 1.807) is 7.05 Å². The zero-order valence-corrected chi connectivity index (χ0v) is 16.5. The van der Waals surface area contributed by atoms with Gasteiger partial charge in [0.25, 0.3) is 0 Å². The van der Waals surface area contributed by atoms with Gasteiger partial charge in [0.05, 0.1) is 12.2 Å². The molecule has 0 spiro atoms. The number of carbonyl (C=O) groups is 2. The number of aromatic nitrogens is 2. The van der Waals surface area contributed by atoms with Crippen LogP contribution >= 0.6 is 0 Å². The molecule has 0 atom stereocenters. The lowest BCUT2D eigenvalue weighted by atomic mass is 10.1. The SMILES string of the molecule is Cc1cccc(C)c1NC(=O)CN(C)C(=O)CCc1c(C)nn(C)c1C. The van der Waals surface area contributed by atoms with Gasteiger partial charge < -0.3 is 10.2 Å². The third-order valence-corrected chi connectivity index (χ3v) is 4.80. The minimum absolute atomic E-state index is 0.0393. The van der Waals surface area contributed by atoms with E-state index in [4.69, 9.17) is 0 Å². The molecule has 0 fully saturated rings. The maximum atomic E-state index is 12.4. The van der Waals surface area contributed by atoms with E-state index in [0.717, 1.165) is 33.8 Å². The van der Waals surface area contributed by atoms with E-state index >= 15 is 0 Å². The Bertz CT molecular complexity index is 803. The number of para-hydroxylation sites is 1. The molecule has 1 N–H and O–H groups in total. The molecule has 0 aliphatic rings. The van der Waals surface area contributed by atoms with Crippen LogP contribution in [0.3, 0.4) is 0 Å². The van der Waals surface area contributed by atoms with Gasteiger partial charge in [0.15, 0.2) is 0 Å². The highest BCUT2D eigenvalue weighted by Crippen LogP contribution is 2.19. The van der Waals surface area contributed by atoms with Crippen LogP contribution in [0.4, 0.5) is 5.69 Å². The zero-order chi connectivity index (χ0) is 19.4. The van der Waals surface area contributed by atoms with Crippen LogP contribution in [0.15, 0.2) is 18.2 Å². The molecule has 0 bridgehead atoms. The summed E-state index contributed by atoms with van der Waals surface area (Å²) in [4.78, 5) is 26.2. The molecule has 0 unspecified atom stereocenters. The Balaban J connectivity index is 1.91. The number of anilines is 1. The van der Waals surface area contributed by atoms with E-state index in [-0.39, 0.29) is 18.4 Å².